The quantitative estimate of drug-likeness (QED) is 0.654. The molecule has 0 saturated carbocycles. The Kier molecular flexibility index (Phi) is 4.71. The maximum absolute atomic E-state index is 9.30. The second kappa shape index (κ2) is 6.31. The molecule has 0 fully saturated rings. The van der Waals surface area contributed by atoms with E-state index in [-0.39, 0.29) is 6.54 Å². The topological polar surface area (TPSA) is 75.8 Å². The van der Waals surface area contributed by atoms with Crippen molar-refractivity contribution in [2.45, 2.75) is 11.4 Å². The number of nitrogens with two attached hydrogens (primary N) is 2. The van der Waals surface area contributed by atoms with Crippen LogP contribution in [0.15, 0.2) is 39.7 Å². The summed E-state index contributed by atoms with van der Waals surface area (Å²) in [5.41, 5.74) is 15.8. The third kappa shape index (κ3) is 2.68. The molecule has 102 valence electrons. The van der Waals surface area contributed by atoms with Crippen molar-refractivity contribution < 1.29 is 0 Å². The number of rotatable bonds is 3. The van der Waals surface area contributed by atoms with E-state index in [2.05, 4.69) is 22.0 Å². The van der Waals surface area contributed by atoms with Crippen LogP contribution in [0.2, 0.25) is 0 Å². The van der Waals surface area contributed by atoms with Gasteiger partial charge in [0.2, 0.25) is 0 Å². The Morgan fingerprint density at radius 2 is 1.95 bits per heavy atom. The molecule has 0 amide bonds. The van der Waals surface area contributed by atoms with Gasteiger partial charge in [-0.25, -0.2) is 0 Å². The van der Waals surface area contributed by atoms with Gasteiger partial charge in [-0.3, -0.25) is 0 Å². The molecule has 3 nitrogen and oxygen atoms in total. The first-order chi connectivity index (χ1) is 9.62. The molecule has 0 aromatic heterocycles. The minimum absolute atomic E-state index is 0.257. The summed E-state index contributed by atoms with van der Waals surface area (Å²) in [6.07, 6.45) is 1.94. The lowest BCUT2D eigenvalue weighted by Gasteiger charge is -2.15. The van der Waals surface area contributed by atoms with Crippen LogP contribution in [0, 0.1) is 11.3 Å². The van der Waals surface area contributed by atoms with Crippen LogP contribution in [0.5, 0.6) is 0 Å². The number of halogens is 1. The van der Waals surface area contributed by atoms with E-state index in [1.165, 1.54) is 11.8 Å². The van der Waals surface area contributed by atoms with Gasteiger partial charge in [0.15, 0.2) is 0 Å². The van der Waals surface area contributed by atoms with Crippen LogP contribution in [0.1, 0.15) is 11.1 Å². The highest BCUT2D eigenvalue weighted by atomic mass is 79.9. The number of anilines is 1. The first-order valence-electron chi connectivity index (χ1n) is 5.97. The highest BCUT2D eigenvalue weighted by Gasteiger charge is 2.15. The number of hydrogen-bond donors (Lipinski definition) is 2. The average molecular weight is 348 g/mol. The molecule has 20 heavy (non-hydrogen) atoms. The fourth-order valence-electron chi connectivity index (χ4n) is 2.09. The zero-order valence-corrected chi connectivity index (χ0v) is 13.4. The number of nitrogens with zero attached hydrogens (tertiary/aromatic N) is 1. The fourth-order valence-corrected chi connectivity index (χ4v) is 2.96. The van der Waals surface area contributed by atoms with Gasteiger partial charge in [0.1, 0.15) is 6.07 Å². The fraction of sp³-hybridized carbons (Fsp3) is 0.133. The summed E-state index contributed by atoms with van der Waals surface area (Å²) in [6, 6.07) is 12.1. The maximum Gasteiger partial charge on any atom is 0.101 e. The summed E-state index contributed by atoms with van der Waals surface area (Å²) in [5.74, 6) is 0. The van der Waals surface area contributed by atoms with Crippen molar-refractivity contribution in [1.82, 2.24) is 0 Å². The Morgan fingerprint density at radius 3 is 2.45 bits per heavy atom. The summed E-state index contributed by atoms with van der Waals surface area (Å²) in [5, 5.41) is 9.30. The van der Waals surface area contributed by atoms with E-state index in [9.17, 15) is 5.26 Å². The Balaban J connectivity index is 2.71. The molecule has 4 N–H and O–H groups in total. The van der Waals surface area contributed by atoms with Crippen molar-refractivity contribution in [1.29, 1.82) is 5.26 Å². The van der Waals surface area contributed by atoms with Gasteiger partial charge >= 0.3 is 0 Å². The van der Waals surface area contributed by atoms with Crippen LogP contribution in [0.4, 0.5) is 5.69 Å². The van der Waals surface area contributed by atoms with Crippen LogP contribution in [0.3, 0.4) is 0 Å². The molecule has 0 heterocycles. The van der Waals surface area contributed by atoms with E-state index in [0.29, 0.717) is 11.3 Å². The molecule has 0 radical (unpaired) electrons. The standard InChI is InChI=1S/C15H14BrN3S/c1-20-14-6-11(9-2-4-10(16)5-3-9)15(19)13(8-18)12(14)7-17/h2-6H,8,18-19H2,1H3. The molecular weight excluding hydrogens is 334 g/mol. The molecule has 0 aliphatic heterocycles. The Morgan fingerprint density at radius 1 is 1.30 bits per heavy atom. The minimum Gasteiger partial charge on any atom is -0.398 e. The summed E-state index contributed by atoms with van der Waals surface area (Å²) >= 11 is 4.94. The zero-order valence-electron chi connectivity index (χ0n) is 11.0. The lowest BCUT2D eigenvalue weighted by Crippen LogP contribution is -2.07. The third-order valence-corrected chi connectivity index (χ3v) is 4.42. The molecule has 0 bridgehead atoms. The van der Waals surface area contributed by atoms with Crippen LogP contribution >= 0.6 is 27.7 Å². The van der Waals surface area contributed by atoms with Gasteiger partial charge in [0, 0.05) is 32.7 Å². The van der Waals surface area contributed by atoms with Gasteiger partial charge < -0.3 is 11.5 Å². The molecule has 2 rings (SSSR count). The Bertz CT molecular complexity index is 675. The molecule has 0 saturated heterocycles. The number of benzene rings is 2. The molecule has 2 aromatic rings. The van der Waals surface area contributed by atoms with Gasteiger partial charge in [-0.1, -0.05) is 28.1 Å². The van der Waals surface area contributed by atoms with Crippen molar-refractivity contribution in [3.63, 3.8) is 0 Å². The Labute approximate surface area is 131 Å². The zero-order chi connectivity index (χ0) is 14.7. The lowest BCUT2D eigenvalue weighted by atomic mass is 9.96. The third-order valence-electron chi connectivity index (χ3n) is 3.13. The predicted molar refractivity (Wildman–Crippen MR) is 88.4 cm³/mol. The van der Waals surface area contributed by atoms with Gasteiger partial charge in [-0.2, -0.15) is 5.26 Å². The number of nitrogen functional groups attached to an aromatic ring is 1. The highest BCUT2D eigenvalue weighted by molar-refractivity contribution is 9.10. The van der Waals surface area contributed by atoms with Crippen molar-refractivity contribution in [2.24, 2.45) is 5.73 Å². The molecule has 5 heteroatoms. The van der Waals surface area contributed by atoms with E-state index in [0.717, 1.165) is 26.1 Å². The second-order valence-electron chi connectivity index (χ2n) is 4.22. The molecule has 0 aliphatic rings. The predicted octanol–water partition coefficient (Wildman–Crippen LogP) is 3.75. The van der Waals surface area contributed by atoms with Crippen LogP contribution < -0.4 is 11.5 Å². The van der Waals surface area contributed by atoms with Crippen LogP contribution in [-0.4, -0.2) is 6.26 Å². The monoisotopic (exact) mass is 347 g/mol. The normalized spacial score (nSPS) is 10.3. The number of nitriles is 1. The van der Waals surface area contributed by atoms with Crippen molar-refractivity contribution in [3.05, 3.63) is 45.9 Å². The van der Waals surface area contributed by atoms with Crippen molar-refractivity contribution in [2.75, 3.05) is 12.0 Å². The summed E-state index contributed by atoms with van der Waals surface area (Å²) in [4.78, 5) is 0.903. The van der Waals surface area contributed by atoms with E-state index >= 15 is 0 Å². The molecule has 0 atom stereocenters. The van der Waals surface area contributed by atoms with E-state index in [1.807, 2.05) is 36.6 Å². The van der Waals surface area contributed by atoms with Crippen molar-refractivity contribution in [3.8, 4) is 17.2 Å². The van der Waals surface area contributed by atoms with E-state index in [1.54, 1.807) is 0 Å². The Hall–Kier alpha value is -1.48. The van der Waals surface area contributed by atoms with Crippen LogP contribution in [0.25, 0.3) is 11.1 Å². The highest BCUT2D eigenvalue weighted by Crippen LogP contribution is 2.36. The molecule has 0 aliphatic carbocycles. The van der Waals surface area contributed by atoms with Gasteiger partial charge in [-0.05, 0) is 30.0 Å². The smallest absolute Gasteiger partial charge is 0.101 e. The molecule has 0 unspecified atom stereocenters. The molecule has 0 spiro atoms. The lowest BCUT2D eigenvalue weighted by molar-refractivity contribution is 1.05. The minimum atomic E-state index is 0.257. The first kappa shape index (κ1) is 14.9. The first-order valence-corrected chi connectivity index (χ1v) is 7.99. The molecule has 2 aromatic carbocycles. The van der Waals surface area contributed by atoms with Gasteiger partial charge in [-0.15, -0.1) is 11.8 Å². The number of hydrogen-bond acceptors (Lipinski definition) is 4. The summed E-state index contributed by atoms with van der Waals surface area (Å²) in [7, 11) is 0. The van der Waals surface area contributed by atoms with Crippen LogP contribution in [-0.2, 0) is 6.54 Å². The van der Waals surface area contributed by atoms with Crippen molar-refractivity contribution >= 4 is 33.4 Å². The summed E-state index contributed by atoms with van der Waals surface area (Å²) in [6.45, 7) is 0.257. The second-order valence-corrected chi connectivity index (χ2v) is 5.98. The largest absolute Gasteiger partial charge is 0.398 e. The van der Waals surface area contributed by atoms with E-state index in [4.69, 9.17) is 11.5 Å². The summed E-state index contributed by atoms with van der Waals surface area (Å²) < 4.78 is 1.01. The average Bonchev–Trinajstić information content (AvgIpc) is 2.47. The molecular formula is C15H14BrN3S. The van der Waals surface area contributed by atoms with Gasteiger partial charge in [0.25, 0.3) is 0 Å². The van der Waals surface area contributed by atoms with E-state index < -0.39 is 0 Å². The maximum atomic E-state index is 9.30. The number of thioether (sulfide) groups is 1. The SMILES string of the molecule is CSc1cc(-c2ccc(Br)cc2)c(N)c(CN)c1C#N. The van der Waals surface area contributed by atoms with Gasteiger partial charge in [0.05, 0.1) is 5.56 Å².